The number of nitrogens with zero attached hydrogens (tertiary/aromatic N) is 2. The van der Waals surface area contributed by atoms with Gasteiger partial charge in [-0.3, -0.25) is 4.90 Å². The van der Waals surface area contributed by atoms with Crippen molar-refractivity contribution in [1.29, 1.82) is 0 Å². The van der Waals surface area contributed by atoms with Gasteiger partial charge in [-0.25, -0.2) is 9.59 Å². The lowest BCUT2D eigenvalue weighted by Gasteiger charge is -2.33. The van der Waals surface area contributed by atoms with Crippen molar-refractivity contribution in [3.05, 3.63) is 33.8 Å². The molecule has 154 valence electrons. The van der Waals surface area contributed by atoms with E-state index < -0.39 is 0 Å². The van der Waals surface area contributed by atoms with Gasteiger partial charge in [0, 0.05) is 52.4 Å². The molecule has 2 saturated heterocycles. The molecule has 2 fully saturated rings. The molecule has 0 radical (unpaired) electrons. The maximum absolute atomic E-state index is 11.9. The molecule has 10 heteroatoms. The predicted molar refractivity (Wildman–Crippen MR) is 108 cm³/mol. The summed E-state index contributed by atoms with van der Waals surface area (Å²) in [6.45, 7) is 5.56. The quantitative estimate of drug-likeness (QED) is 0.613. The largest absolute Gasteiger partial charge is 0.374 e. The fourth-order valence-corrected chi connectivity index (χ4v) is 3.56. The first-order chi connectivity index (χ1) is 13.5. The van der Waals surface area contributed by atoms with Crippen molar-refractivity contribution in [3.63, 3.8) is 0 Å². The van der Waals surface area contributed by atoms with Crippen molar-refractivity contribution in [1.82, 2.24) is 25.8 Å². The molecule has 28 heavy (non-hydrogen) atoms. The van der Waals surface area contributed by atoms with E-state index in [4.69, 9.17) is 27.9 Å². The normalized spacial score (nSPS) is 20.1. The number of carbonyl (C=O) groups excluding carboxylic acids is 2. The van der Waals surface area contributed by atoms with Gasteiger partial charge in [-0.15, -0.1) is 0 Å². The molecule has 8 nitrogen and oxygen atoms in total. The molecule has 1 aromatic rings. The third-order valence-corrected chi connectivity index (χ3v) is 5.45. The highest BCUT2D eigenvalue weighted by molar-refractivity contribution is 6.42. The summed E-state index contributed by atoms with van der Waals surface area (Å²) in [5.74, 6) is 0. The summed E-state index contributed by atoms with van der Waals surface area (Å²) in [6, 6.07) is 5.30. The van der Waals surface area contributed by atoms with Crippen LogP contribution < -0.4 is 16.0 Å². The average Bonchev–Trinajstić information content (AvgIpc) is 3.08. The van der Waals surface area contributed by atoms with Crippen molar-refractivity contribution < 1.29 is 14.3 Å². The number of ether oxygens (including phenoxy) is 1. The van der Waals surface area contributed by atoms with Crippen LogP contribution in [0.15, 0.2) is 18.2 Å². The fourth-order valence-electron chi connectivity index (χ4n) is 3.24. The van der Waals surface area contributed by atoms with E-state index in [0.29, 0.717) is 55.9 Å². The van der Waals surface area contributed by atoms with Crippen LogP contribution in [-0.2, 0) is 11.3 Å². The minimum absolute atomic E-state index is 0.0772. The van der Waals surface area contributed by atoms with Crippen LogP contribution >= 0.6 is 23.2 Å². The summed E-state index contributed by atoms with van der Waals surface area (Å²) in [7, 11) is 0. The first kappa shape index (κ1) is 21.0. The summed E-state index contributed by atoms with van der Waals surface area (Å²) in [6.07, 6.45) is -0.0772. The number of halogens is 2. The molecule has 2 heterocycles. The van der Waals surface area contributed by atoms with Gasteiger partial charge in [0.15, 0.2) is 0 Å². The molecule has 3 N–H and O–H groups in total. The van der Waals surface area contributed by atoms with Crippen LogP contribution in [0.4, 0.5) is 9.59 Å². The molecule has 0 spiro atoms. The fraction of sp³-hybridized carbons (Fsp3) is 0.556. The smallest absolute Gasteiger partial charge is 0.317 e. The Labute approximate surface area is 174 Å². The SMILES string of the molecule is O=C(NCCN1CCNC1=O)NCC1CN(Cc2ccc(Cl)c(Cl)c2)CCO1. The lowest BCUT2D eigenvalue weighted by Crippen LogP contribution is -2.49. The highest BCUT2D eigenvalue weighted by atomic mass is 35.5. The number of nitrogens with one attached hydrogen (secondary N) is 3. The number of rotatable bonds is 7. The van der Waals surface area contributed by atoms with Crippen molar-refractivity contribution in [2.24, 2.45) is 0 Å². The molecular weight excluding hydrogens is 405 g/mol. The number of amides is 4. The monoisotopic (exact) mass is 429 g/mol. The number of carbonyl (C=O) groups is 2. The Morgan fingerprint density at radius 3 is 2.86 bits per heavy atom. The molecule has 0 bridgehead atoms. The highest BCUT2D eigenvalue weighted by Gasteiger charge is 2.22. The van der Waals surface area contributed by atoms with Gasteiger partial charge in [0.25, 0.3) is 0 Å². The van der Waals surface area contributed by atoms with Gasteiger partial charge >= 0.3 is 12.1 Å². The molecule has 0 aliphatic carbocycles. The van der Waals surface area contributed by atoms with Crippen molar-refractivity contribution in [2.75, 3.05) is 52.4 Å². The third kappa shape index (κ3) is 6.13. The summed E-state index contributed by atoms with van der Waals surface area (Å²) in [5.41, 5.74) is 1.09. The number of hydrogen-bond donors (Lipinski definition) is 3. The Balaban J connectivity index is 1.35. The average molecular weight is 430 g/mol. The van der Waals surface area contributed by atoms with E-state index in [0.717, 1.165) is 18.7 Å². The predicted octanol–water partition coefficient (Wildman–Crippen LogP) is 1.52. The van der Waals surface area contributed by atoms with E-state index in [1.54, 1.807) is 11.0 Å². The van der Waals surface area contributed by atoms with E-state index in [2.05, 4.69) is 20.9 Å². The van der Waals surface area contributed by atoms with E-state index in [1.165, 1.54) is 0 Å². The second-order valence-electron chi connectivity index (χ2n) is 6.83. The van der Waals surface area contributed by atoms with Gasteiger partial charge in [-0.1, -0.05) is 29.3 Å². The minimum atomic E-state index is -0.259. The van der Waals surface area contributed by atoms with Crippen LogP contribution in [0.1, 0.15) is 5.56 Å². The topological polar surface area (TPSA) is 85.9 Å². The van der Waals surface area contributed by atoms with Gasteiger partial charge in [0.05, 0.1) is 22.8 Å². The van der Waals surface area contributed by atoms with Crippen LogP contribution in [0.3, 0.4) is 0 Å². The van der Waals surface area contributed by atoms with Crippen molar-refractivity contribution >= 4 is 35.3 Å². The molecule has 3 rings (SSSR count). The number of morpholine rings is 1. The van der Waals surface area contributed by atoms with Crippen LogP contribution in [0.5, 0.6) is 0 Å². The van der Waals surface area contributed by atoms with Gasteiger partial charge in [-0.2, -0.15) is 0 Å². The molecule has 1 aromatic carbocycles. The van der Waals surface area contributed by atoms with Crippen LogP contribution in [0, 0.1) is 0 Å². The second-order valence-corrected chi connectivity index (χ2v) is 7.65. The Kier molecular flexibility index (Phi) is 7.61. The van der Waals surface area contributed by atoms with Crippen LogP contribution in [-0.4, -0.2) is 80.4 Å². The zero-order valence-electron chi connectivity index (χ0n) is 15.5. The summed E-state index contributed by atoms with van der Waals surface area (Å²) < 4.78 is 5.75. The van der Waals surface area contributed by atoms with Gasteiger partial charge in [0.1, 0.15) is 0 Å². The molecule has 2 aliphatic heterocycles. The zero-order valence-corrected chi connectivity index (χ0v) is 17.1. The lowest BCUT2D eigenvalue weighted by atomic mass is 10.2. The maximum Gasteiger partial charge on any atom is 0.317 e. The highest BCUT2D eigenvalue weighted by Crippen LogP contribution is 2.23. The first-order valence-corrected chi connectivity index (χ1v) is 10.1. The van der Waals surface area contributed by atoms with Gasteiger partial charge < -0.3 is 25.6 Å². The zero-order chi connectivity index (χ0) is 19.9. The Morgan fingerprint density at radius 1 is 1.25 bits per heavy atom. The van der Waals surface area contributed by atoms with E-state index in [1.807, 2.05) is 12.1 Å². The molecule has 1 unspecified atom stereocenters. The molecule has 0 aromatic heterocycles. The molecular formula is C18H25Cl2N5O3. The summed E-state index contributed by atoms with van der Waals surface area (Å²) in [5, 5.41) is 9.42. The standard InChI is InChI=1S/C18H25Cl2N5O3/c19-15-2-1-13(9-16(15)20)11-24-7-8-28-14(12-24)10-23-17(26)21-3-5-25-6-4-22-18(25)27/h1-2,9,14H,3-8,10-12H2,(H,22,27)(H2,21,23,26). The Hall–Kier alpha value is -1.74. The Morgan fingerprint density at radius 2 is 2.11 bits per heavy atom. The first-order valence-electron chi connectivity index (χ1n) is 9.33. The number of urea groups is 2. The number of benzene rings is 1. The maximum atomic E-state index is 11.9. The Bertz CT molecular complexity index is 706. The minimum Gasteiger partial charge on any atom is -0.374 e. The molecule has 1 atom stereocenters. The van der Waals surface area contributed by atoms with Crippen molar-refractivity contribution in [3.8, 4) is 0 Å². The van der Waals surface area contributed by atoms with E-state index >= 15 is 0 Å². The summed E-state index contributed by atoms with van der Waals surface area (Å²) >= 11 is 12.0. The molecule has 4 amide bonds. The molecule has 0 saturated carbocycles. The van der Waals surface area contributed by atoms with Crippen molar-refractivity contribution in [2.45, 2.75) is 12.6 Å². The second kappa shape index (κ2) is 10.2. The lowest BCUT2D eigenvalue weighted by molar-refractivity contribution is -0.0287. The number of hydrogen-bond acceptors (Lipinski definition) is 4. The van der Waals surface area contributed by atoms with Crippen LogP contribution in [0.25, 0.3) is 0 Å². The van der Waals surface area contributed by atoms with Crippen LogP contribution in [0.2, 0.25) is 10.0 Å². The van der Waals surface area contributed by atoms with E-state index in [-0.39, 0.29) is 18.2 Å². The summed E-state index contributed by atoms with van der Waals surface area (Å²) in [4.78, 5) is 27.3. The molecule has 2 aliphatic rings. The third-order valence-electron chi connectivity index (χ3n) is 4.72. The van der Waals surface area contributed by atoms with Gasteiger partial charge in [0.2, 0.25) is 0 Å². The van der Waals surface area contributed by atoms with Gasteiger partial charge in [-0.05, 0) is 17.7 Å². The van der Waals surface area contributed by atoms with E-state index in [9.17, 15) is 9.59 Å².